The highest BCUT2D eigenvalue weighted by molar-refractivity contribution is 6.35. The second kappa shape index (κ2) is 6.12. The van der Waals surface area contributed by atoms with Gasteiger partial charge >= 0.3 is 0 Å². The molecule has 0 saturated carbocycles. The Hall–Kier alpha value is -1.46. The quantitative estimate of drug-likeness (QED) is 0.515. The van der Waals surface area contributed by atoms with Crippen molar-refractivity contribution >= 4 is 46.5 Å². The molecule has 4 heteroatoms. The van der Waals surface area contributed by atoms with Crippen molar-refractivity contribution in [3.63, 3.8) is 0 Å². The molecule has 2 aromatic rings. The molecule has 1 nitrogen and oxygen atoms in total. The molecule has 0 fully saturated rings. The second-order valence-electron chi connectivity index (χ2n) is 3.84. The maximum absolute atomic E-state index is 9.24. The van der Waals surface area contributed by atoms with Crippen LogP contribution < -0.4 is 0 Å². The minimum atomic E-state index is 0.509. The van der Waals surface area contributed by atoms with E-state index >= 15 is 0 Å². The second-order valence-corrected chi connectivity index (χ2v) is 5.12. The Balaban J connectivity index is 2.44. The average Bonchev–Trinajstić information content (AvgIpc) is 2.39. The summed E-state index contributed by atoms with van der Waals surface area (Å²) < 4.78 is 0. The Morgan fingerprint density at radius 1 is 0.947 bits per heavy atom. The zero-order valence-corrected chi connectivity index (χ0v) is 12.0. The Morgan fingerprint density at radius 3 is 2.16 bits per heavy atom. The first-order valence-electron chi connectivity index (χ1n) is 5.43. The minimum Gasteiger partial charge on any atom is -0.192 e. The minimum absolute atomic E-state index is 0.509. The molecule has 0 aliphatic rings. The lowest BCUT2D eigenvalue weighted by molar-refractivity contribution is 1.52. The highest BCUT2D eigenvalue weighted by atomic mass is 35.5. The lowest BCUT2D eigenvalue weighted by Crippen LogP contribution is -1.83. The molecular formula is C15H8Cl3N. The predicted octanol–water partition coefficient (Wildman–Crippen LogP) is 5.71. The Kier molecular flexibility index (Phi) is 4.50. The molecule has 0 bridgehead atoms. The third kappa shape index (κ3) is 3.52. The summed E-state index contributed by atoms with van der Waals surface area (Å²) in [6, 6.07) is 14.4. The molecule has 0 spiro atoms. The molecular weight excluding hydrogens is 301 g/mol. The van der Waals surface area contributed by atoms with Gasteiger partial charge in [-0.1, -0.05) is 53.0 Å². The third-order valence-electron chi connectivity index (χ3n) is 2.54. The highest BCUT2D eigenvalue weighted by Crippen LogP contribution is 2.26. The van der Waals surface area contributed by atoms with E-state index in [2.05, 4.69) is 6.07 Å². The van der Waals surface area contributed by atoms with Gasteiger partial charge in [-0.2, -0.15) is 5.26 Å². The largest absolute Gasteiger partial charge is 0.192 e. The van der Waals surface area contributed by atoms with Crippen LogP contribution in [0.25, 0.3) is 11.6 Å². The average molecular weight is 309 g/mol. The molecule has 0 unspecified atom stereocenters. The van der Waals surface area contributed by atoms with Gasteiger partial charge in [-0.05, 0) is 41.5 Å². The van der Waals surface area contributed by atoms with Gasteiger partial charge in [0.1, 0.15) is 0 Å². The van der Waals surface area contributed by atoms with Crippen LogP contribution >= 0.6 is 34.8 Å². The predicted molar refractivity (Wildman–Crippen MR) is 81.4 cm³/mol. The standard InChI is InChI=1S/C15H8Cl3N/c16-13-4-1-10(2-5-13)12(9-19)7-11-3-6-14(17)8-15(11)18/h1-8H/b12-7-. The Bertz CT molecular complexity index is 667. The van der Waals surface area contributed by atoms with Crippen LogP contribution in [0.15, 0.2) is 42.5 Å². The molecule has 0 saturated heterocycles. The Morgan fingerprint density at radius 2 is 1.58 bits per heavy atom. The van der Waals surface area contributed by atoms with E-state index in [1.807, 2.05) is 0 Å². The van der Waals surface area contributed by atoms with Crippen molar-refractivity contribution in [2.24, 2.45) is 0 Å². The van der Waals surface area contributed by atoms with Gasteiger partial charge in [0, 0.05) is 15.1 Å². The molecule has 0 radical (unpaired) electrons. The fourth-order valence-electron chi connectivity index (χ4n) is 1.58. The first-order chi connectivity index (χ1) is 9.10. The van der Waals surface area contributed by atoms with Crippen LogP contribution in [-0.4, -0.2) is 0 Å². The molecule has 0 heterocycles. The Labute approximate surface area is 126 Å². The molecule has 0 amide bonds. The summed E-state index contributed by atoms with van der Waals surface area (Å²) in [5.41, 5.74) is 2.05. The van der Waals surface area contributed by atoms with Crippen molar-refractivity contribution in [3.05, 3.63) is 68.7 Å². The molecule has 0 atom stereocenters. The normalized spacial score (nSPS) is 11.2. The molecule has 0 N–H and O–H groups in total. The van der Waals surface area contributed by atoms with Gasteiger partial charge in [0.25, 0.3) is 0 Å². The summed E-state index contributed by atoms with van der Waals surface area (Å²) in [5.74, 6) is 0. The monoisotopic (exact) mass is 307 g/mol. The van der Waals surface area contributed by atoms with E-state index in [0.717, 1.165) is 11.1 Å². The van der Waals surface area contributed by atoms with Crippen LogP contribution in [0.5, 0.6) is 0 Å². The SMILES string of the molecule is N#C/C(=C/c1ccc(Cl)cc1Cl)c1ccc(Cl)cc1. The number of nitrogens with zero attached hydrogens (tertiary/aromatic N) is 1. The molecule has 94 valence electrons. The number of hydrogen-bond donors (Lipinski definition) is 0. The van der Waals surface area contributed by atoms with E-state index < -0.39 is 0 Å². The lowest BCUT2D eigenvalue weighted by atomic mass is 10.0. The van der Waals surface area contributed by atoms with Gasteiger partial charge in [0.15, 0.2) is 0 Å². The fraction of sp³-hybridized carbons (Fsp3) is 0. The molecule has 0 aliphatic carbocycles. The van der Waals surface area contributed by atoms with Gasteiger partial charge in [-0.25, -0.2) is 0 Å². The summed E-state index contributed by atoms with van der Waals surface area (Å²) >= 11 is 17.7. The number of benzene rings is 2. The number of allylic oxidation sites excluding steroid dienone is 1. The van der Waals surface area contributed by atoms with Crippen molar-refractivity contribution in [1.29, 1.82) is 5.26 Å². The van der Waals surface area contributed by atoms with E-state index in [1.54, 1.807) is 48.5 Å². The van der Waals surface area contributed by atoms with E-state index in [1.165, 1.54) is 0 Å². The van der Waals surface area contributed by atoms with Crippen LogP contribution in [0.2, 0.25) is 15.1 Å². The summed E-state index contributed by atoms with van der Waals surface area (Å²) in [7, 11) is 0. The number of nitriles is 1. The zero-order valence-electron chi connectivity index (χ0n) is 9.70. The number of halogens is 3. The van der Waals surface area contributed by atoms with Crippen LogP contribution in [0.3, 0.4) is 0 Å². The van der Waals surface area contributed by atoms with E-state index in [9.17, 15) is 5.26 Å². The van der Waals surface area contributed by atoms with Crippen LogP contribution in [0.4, 0.5) is 0 Å². The van der Waals surface area contributed by atoms with Gasteiger partial charge in [0.05, 0.1) is 11.6 Å². The van der Waals surface area contributed by atoms with Crippen LogP contribution in [0.1, 0.15) is 11.1 Å². The highest BCUT2D eigenvalue weighted by Gasteiger charge is 2.04. The molecule has 2 rings (SSSR count). The number of hydrogen-bond acceptors (Lipinski definition) is 1. The van der Waals surface area contributed by atoms with Crippen LogP contribution in [-0.2, 0) is 0 Å². The number of rotatable bonds is 2. The van der Waals surface area contributed by atoms with Gasteiger partial charge in [-0.15, -0.1) is 0 Å². The molecule has 0 aromatic heterocycles. The summed E-state index contributed by atoms with van der Waals surface area (Å²) in [4.78, 5) is 0. The topological polar surface area (TPSA) is 23.8 Å². The smallest absolute Gasteiger partial charge is 0.0998 e. The summed E-state index contributed by atoms with van der Waals surface area (Å²) in [6.07, 6.45) is 1.72. The van der Waals surface area contributed by atoms with Gasteiger partial charge in [0.2, 0.25) is 0 Å². The summed E-state index contributed by atoms with van der Waals surface area (Å²) in [5, 5.41) is 10.9. The van der Waals surface area contributed by atoms with E-state index in [-0.39, 0.29) is 0 Å². The van der Waals surface area contributed by atoms with Gasteiger partial charge in [-0.3, -0.25) is 0 Å². The van der Waals surface area contributed by atoms with E-state index in [0.29, 0.717) is 20.6 Å². The van der Waals surface area contributed by atoms with Crippen molar-refractivity contribution in [2.45, 2.75) is 0 Å². The van der Waals surface area contributed by atoms with Crippen molar-refractivity contribution in [1.82, 2.24) is 0 Å². The molecule has 2 aromatic carbocycles. The van der Waals surface area contributed by atoms with Crippen molar-refractivity contribution in [3.8, 4) is 6.07 Å². The first kappa shape index (κ1) is 14.0. The molecule has 0 aliphatic heterocycles. The van der Waals surface area contributed by atoms with Crippen LogP contribution in [0, 0.1) is 11.3 Å². The lowest BCUT2D eigenvalue weighted by Gasteiger charge is -2.02. The maximum Gasteiger partial charge on any atom is 0.0998 e. The third-order valence-corrected chi connectivity index (χ3v) is 3.35. The van der Waals surface area contributed by atoms with Crippen molar-refractivity contribution < 1.29 is 0 Å². The van der Waals surface area contributed by atoms with Crippen molar-refractivity contribution in [2.75, 3.05) is 0 Å². The van der Waals surface area contributed by atoms with Gasteiger partial charge < -0.3 is 0 Å². The maximum atomic E-state index is 9.24. The fourth-order valence-corrected chi connectivity index (χ4v) is 2.17. The molecule has 19 heavy (non-hydrogen) atoms. The first-order valence-corrected chi connectivity index (χ1v) is 6.56. The van der Waals surface area contributed by atoms with E-state index in [4.69, 9.17) is 34.8 Å². The summed E-state index contributed by atoms with van der Waals surface area (Å²) in [6.45, 7) is 0. The zero-order chi connectivity index (χ0) is 13.8.